The predicted octanol–water partition coefficient (Wildman–Crippen LogP) is 4.50. The fraction of sp³-hybridized carbons (Fsp3) is 0.433. The predicted molar refractivity (Wildman–Crippen MR) is 154 cm³/mol. The summed E-state index contributed by atoms with van der Waals surface area (Å²) in [6, 6.07) is 16.3. The topological polar surface area (TPSA) is 70.9 Å². The van der Waals surface area contributed by atoms with Crippen molar-refractivity contribution in [1.29, 1.82) is 0 Å². The van der Waals surface area contributed by atoms with Crippen molar-refractivity contribution in [2.45, 2.75) is 51.7 Å². The first-order chi connectivity index (χ1) is 19.0. The van der Waals surface area contributed by atoms with Crippen molar-refractivity contribution in [3.05, 3.63) is 64.3 Å². The van der Waals surface area contributed by atoms with Crippen LogP contribution in [0.2, 0.25) is 0 Å². The third-order valence-corrected chi connectivity index (χ3v) is 8.74. The van der Waals surface area contributed by atoms with Crippen molar-refractivity contribution in [2.24, 2.45) is 0 Å². The zero-order valence-electron chi connectivity index (χ0n) is 22.3. The van der Waals surface area contributed by atoms with Gasteiger partial charge in [0.25, 0.3) is 5.91 Å². The first-order valence-corrected chi connectivity index (χ1v) is 14.6. The van der Waals surface area contributed by atoms with Crippen LogP contribution in [0.1, 0.15) is 37.4 Å². The number of aromatic nitrogens is 2. The number of carbonyl (C=O) groups excluding carboxylic acids is 2. The number of benzene rings is 2. The lowest BCUT2D eigenvalue weighted by Crippen LogP contribution is -2.50. The number of fused-ring (bicyclic) bond motifs is 2. The van der Waals surface area contributed by atoms with Gasteiger partial charge in [-0.05, 0) is 50.1 Å². The summed E-state index contributed by atoms with van der Waals surface area (Å²) in [6.07, 6.45) is 3.77. The van der Waals surface area contributed by atoms with Gasteiger partial charge in [-0.1, -0.05) is 40.2 Å². The lowest BCUT2D eigenvalue weighted by Gasteiger charge is -2.40. The van der Waals surface area contributed by atoms with Crippen molar-refractivity contribution in [2.75, 3.05) is 37.7 Å². The molecule has 0 saturated carbocycles. The molecule has 6 rings (SSSR count). The van der Waals surface area contributed by atoms with Gasteiger partial charge in [-0.25, -0.2) is 0 Å². The normalized spacial score (nSPS) is 18.1. The molecule has 204 valence electrons. The molecule has 0 atom stereocenters. The van der Waals surface area contributed by atoms with Crippen LogP contribution in [0, 0.1) is 0 Å². The molecule has 3 aliphatic rings. The third-order valence-electron chi connectivity index (χ3n) is 8.21. The van der Waals surface area contributed by atoms with Gasteiger partial charge in [0.15, 0.2) is 6.61 Å². The molecule has 1 aromatic heterocycles. The van der Waals surface area contributed by atoms with Crippen LogP contribution < -0.4 is 9.64 Å². The summed E-state index contributed by atoms with van der Waals surface area (Å²) < 4.78 is 8.85. The molecule has 1 saturated heterocycles. The Bertz CT molecular complexity index is 1360. The molecule has 1 fully saturated rings. The fourth-order valence-corrected chi connectivity index (χ4v) is 6.42. The summed E-state index contributed by atoms with van der Waals surface area (Å²) in [6.45, 7) is 6.94. The second-order valence-corrected chi connectivity index (χ2v) is 11.6. The first kappa shape index (κ1) is 26.1. The zero-order valence-corrected chi connectivity index (χ0v) is 23.9. The molecular weight excluding hydrogens is 558 g/mol. The average molecular weight is 593 g/mol. The number of hydrogen-bond donors (Lipinski definition) is 0. The second kappa shape index (κ2) is 11.1. The number of halogens is 1. The van der Waals surface area contributed by atoms with E-state index in [1.807, 2.05) is 46.2 Å². The summed E-state index contributed by atoms with van der Waals surface area (Å²) in [5.41, 5.74) is 5.41. The molecule has 4 heterocycles. The number of aryl methyl sites for hydroxylation is 1. The number of para-hydroxylation sites is 2. The summed E-state index contributed by atoms with van der Waals surface area (Å²) in [7, 11) is 0. The highest BCUT2D eigenvalue weighted by atomic mass is 79.9. The Hall–Kier alpha value is -3.17. The van der Waals surface area contributed by atoms with E-state index in [1.165, 1.54) is 11.3 Å². The summed E-state index contributed by atoms with van der Waals surface area (Å²) in [5.74, 6) is 0.970. The molecule has 8 nitrogen and oxygen atoms in total. The molecule has 0 spiro atoms. The van der Waals surface area contributed by atoms with E-state index in [2.05, 4.69) is 37.6 Å². The van der Waals surface area contributed by atoms with Crippen molar-refractivity contribution >= 4 is 33.4 Å². The van der Waals surface area contributed by atoms with E-state index in [-0.39, 0.29) is 24.5 Å². The monoisotopic (exact) mass is 591 g/mol. The number of ether oxygens (including phenoxy) is 1. The van der Waals surface area contributed by atoms with Crippen LogP contribution in [0.3, 0.4) is 0 Å². The maximum Gasteiger partial charge on any atom is 0.265 e. The van der Waals surface area contributed by atoms with E-state index < -0.39 is 0 Å². The van der Waals surface area contributed by atoms with Gasteiger partial charge in [0.1, 0.15) is 5.75 Å². The largest absolute Gasteiger partial charge is 0.482 e. The number of piperidine rings is 1. The standard InChI is InChI=1S/C30H34BrN5O3/c1-21(37)34-18-13-26-25(19-34)30(22-7-9-23(31)10-8-22)32-35(26)15-4-14-33-16-11-24(12-17-33)36-27-5-2-3-6-28(27)39-20-29(36)38/h2-3,5-10,24H,4,11-20H2,1H3. The molecule has 0 N–H and O–H groups in total. The average Bonchev–Trinajstić information content (AvgIpc) is 3.32. The molecule has 3 aromatic rings. The van der Waals surface area contributed by atoms with Gasteiger partial charge in [0.2, 0.25) is 5.91 Å². The van der Waals surface area contributed by atoms with E-state index in [9.17, 15) is 9.59 Å². The molecule has 0 aliphatic carbocycles. The van der Waals surface area contributed by atoms with Gasteiger partial charge in [-0.2, -0.15) is 5.10 Å². The first-order valence-electron chi connectivity index (χ1n) is 13.8. The number of hydrogen-bond acceptors (Lipinski definition) is 5. The van der Waals surface area contributed by atoms with Crippen LogP contribution in [0.5, 0.6) is 5.75 Å². The number of rotatable bonds is 6. The number of carbonyl (C=O) groups is 2. The highest BCUT2D eigenvalue weighted by Crippen LogP contribution is 2.35. The van der Waals surface area contributed by atoms with E-state index in [0.717, 1.165) is 85.6 Å². The number of amides is 2. The van der Waals surface area contributed by atoms with Gasteiger partial charge in [0, 0.05) is 73.4 Å². The Labute approximate surface area is 237 Å². The van der Waals surface area contributed by atoms with Crippen LogP contribution >= 0.6 is 15.9 Å². The Balaban J connectivity index is 1.09. The maximum absolute atomic E-state index is 12.7. The minimum atomic E-state index is 0.0560. The van der Waals surface area contributed by atoms with Gasteiger partial charge in [-0.3, -0.25) is 14.3 Å². The summed E-state index contributed by atoms with van der Waals surface area (Å²) in [4.78, 5) is 31.2. The minimum absolute atomic E-state index is 0.0560. The van der Waals surface area contributed by atoms with Crippen molar-refractivity contribution in [3.63, 3.8) is 0 Å². The number of nitrogens with zero attached hydrogens (tertiary/aromatic N) is 5. The van der Waals surface area contributed by atoms with Crippen LogP contribution in [0.25, 0.3) is 11.3 Å². The Morgan fingerprint density at radius 2 is 1.82 bits per heavy atom. The van der Waals surface area contributed by atoms with Crippen molar-refractivity contribution < 1.29 is 14.3 Å². The van der Waals surface area contributed by atoms with E-state index in [0.29, 0.717) is 6.54 Å². The smallest absolute Gasteiger partial charge is 0.265 e. The Morgan fingerprint density at radius 3 is 2.59 bits per heavy atom. The van der Waals surface area contributed by atoms with Crippen molar-refractivity contribution in [1.82, 2.24) is 19.6 Å². The molecule has 2 amide bonds. The van der Waals surface area contributed by atoms with Crippen LogP contribution in [0.4, 0.5) is 5.69 Å². The lowest BCUT2D eigenvalue weighted by atomic mass is 10.0. The molecule has 2 aromatic carbocycles. The van der Waals surface area contributed by atoms with Crippen molar-refractivity contribution in [3.8, 4) is 17.0 Å². The van der Waals surface area contributed by atoms with Gasteiger partial charge >= 0.3 is 0 Å². The number of likely N-dealkylation sites (tertiary alicyclic amines) is 1. The summed E-state index contributed by atoms with van der Waals surface area (Å²) >= 11 is 3.53. The minimum Gasteiger partial charge on any atom is -0.482 e. The SMILES string of the molecule is CC(=O)N1CCc2c(c(-c3ccc(Br)cc3)nn2CCCN2CCC(N3C(=O)COc4ccccc43)CC2)C1. The Morgan fingerprint density at radius 1 is 1.05 bits per heavy atom. The van der Waals surface area contributed by atoms with Crippen LogP contribution in [-0.4, -0.2) is 70.2 Å². The second-order valence-electron chi connectivity index (χ2n) is 10.6. The molecule has 39 heavy (non-hydrogen) atoms. The highest BCUT2D eigenvalue weighted by molar-refractivity contribution is 9.10. The molecule has 0 bridgehead atoms. The van der Waals surface area contributed by atoms with Gasteiger partial charge < -0.3 is 19.4 Å². The van der Waals surface area contributed by atoms with Crippen LogP contribution in [-0.2, 0) is 29.1 Å². The molecule has 9 heteroatoms. The zero-order chi connectivity index (χ0) is 26.9. The van der Waals surface area contributed by atoms with E-state index in [4.69, 9.17) is 9.84 Å². The lowest BCUT2D eigenvalue weighted by molar-refractivity contribution is -0.129. The fourth-order valence-electron chi connectivity index (χ4n) is 6.15. The van der Waals surface area contributed by atoms with E-state index >= 15 is 0 Å². The van der Waals surface area contributed by atoms with Gasteiger partial charge in [-0.15, -0.1) is 0 Å². The summed E-state index contributed by atoms with van der Waals surface area (Å²) in [5, 5.41) is 5.06. The van der Waals surface area contributed by atoms with Gasteiger partial charge in [0.05, 0.1) is 11.4 Å². The molecular formula is C30H34BrN5O3. The highest BCUT2D eigenvalue weighted by Gasteiger charge is 2.33. The molecule has 0 unspecified atom stereocenters. The number of anilines is 1. The van der Waals surface area contributed by atoms with E-state index in [1.54, 1.807) is 6.92 Å². The quantitative estimate of drug-likeness (QED) is 0.422. The molecule has 3 aliphatic heterocycles. The third kappa shape index (κ3) is 5.34. The Kier molecular flexibility index (Phi) is 7.44. The molecule has 0 radical (unpaired) electrons. The van der Waals surface area contributed by atoms with Crippen LogP contribution in [0.15, 0.2) is 53.0 Å². The maximum atomic E-state index is 12.7.